The Balaban J connectivity index is 1.84. The molecule has 1 unspecified atom stereocenters. The molecule has 1 atom stereocenters. The second-order valence-electron chi connectivity index (χ2n) is 3.36. The minimum Gasteiger partial charge on any atom is -0.461 e. The van der Waals surface area contributed by atoms with Gasteiger partial charge in [-0.3, -0.25) is 4.79 Å². The summed E-state index contributed by atoms with van der Waals surface area (Å²) in [4.78, 5) is 18.1. The average Bonchev–Trinajstić information content (AvgIpc) is 2.80. The van der Waals surface area contributed by atoms with Gasteiger partial charge in [0.2, 0.25) is 0 Å². The van der Waals surface area contributed by atoms with Gasteiger partial charge in [0, 0.05) is 19.0 Å². The van der Waals surface area contributed by atoms with Crippen LogP contribution in [0.4, 0.5) is 0 Å². The standard InChI is InChI=1S/C10H12N2O3/c13-6-8-4-11-10(12-5-8)15-7-9-2-1-3-14-9/h4-6,9H,1-3,7H2. The third-order valence-corrected chi connectivity index (χ3v) is 2.21. The lowest BCUT2D eigenvalue weighted by molar-refractivity contribution is 0.0645. The zero-order valence-electron chi connectivity index (χ0n) is 8.26. The van der Waals surface area contributed by atoms with Gasteiger partial charge in [-0.2, -0.15) is 0 Å². The normalized spacial score (nSPS) is 20.1. The highest BCUT2D eigenvalue weighted by Crippen LogP contribution is 2.12. The summed E-state index contributed by atoms with van der Waals surface area (Å²) in [6, 6.07) is 0.288. The van der Waals surface area contributed by atoms with Crippen molar-refractivity contribution in [3.63, 3.8) is 0 Å². The molecule has 1 aliphatic rings. The van der Waals surface area contributed by atoms with Crippen LogP contribution in [0.5, 0.6) is 6.01 Å². The zero-order valence-corrected chi connectivity index (χ0v) is 8.26. The maximum atomic E-state index is 10.3. The fraction of sp³-hybridized carbons (Fsp3) is 0.500. The molecule has 0 aliphatic carbocycles. The Labute approximate surface area is 87.4 Å². The van der Waals surface area contributed by atoms with E-state index in [0.717, 1.165) is 19.4 Å². The van der Waals surface area contributed by atoms with Crippen molar-refractivity contribution in [3.8, 4) is 6.01 Å². The molecule has 5 heteroatoms. The fourth-order valence-corrected chi connectivity index (χ4v) is 1.40. The van der Waals surface area contributed by atoms with Crippen LogP contribution in [0.2, 0.25) is 0 Å². The first-order valence-electron chi connectivity index (χ1n) is 4.90. The van der Waals surface area contributed by atoms with Gasteiger partial charge in [0.1, 0.15) is 6.61 Å². The zero-order chi connectivity index (χ0) is 10.5. The summed E-state index contributed by atoms with van der Waals surface area (Å²) in [5.74, 6) is 0. The van der Waals surface area contributed by atoms with Gasteiger partial charge < -0.3 is 9.47 Å². The van der Waals surface area contributed by atoms with Gasteiger partial charge in [0.15, 0.2) is 6.29 Å². The summed E-state index contributed by atoms with van der Waals surface area (Å²) in [6.45, 7) is 1.28. The Morgan fingerprint density at radius 2 is 2.33 bits per heavy atom. The molecule has 15 heavy (non-hydrogen) atoms. The van der Waals surface area contributed by atoms with Crippen molar-refractivity contribution in [2.24, 2.45) is 0 Å². The second kappa shape index (κ2) is 4.84. The molecule has 80 valence electrons. The first-order valence-corrected chi connectivity index (χ1v) is 4.90. The number of nitrogens with zero attached hydrogens (tertiary/aromatic N) is 2. The van der Waals surface area contributed by atoms with Crippen molar-refractivity contribution in [3.05, 3.63) is 18.0 Å². The molecule has 1 saturated heterocycles. The summed E-state index contributed by atoms with van der Waals surface area (Å²) in [6.07, 6.45) is 5.82. The molecule has 0 bridgehead atoms. The summed E-state index contributed by atoms with van der Waals surface area (Å²) < 4.78 is 10.7. The molecule has 5 nitrogen and oxygen atoms in total. The maximum absolute atomic E-state index is 10.3. The Kier molecular flexibility index (Phi) is 3.24. The van der Waals surface area contributed by atoms with Gasteiger partial charge >= 0.3 is 6.01 Å². The first-order chi connectivity index (χ1) is 7.38. The predicted octanol–water partition coefficient (Wildman–Crippen LogP) is 0.847. The van der Waals surface area contributed by atoms with Crippen LogP contribution in [0.15, 0.2) is 12.4 Å². The molecule has 1 aromatic rings. The van der Waals surface area contributed by atoms with Crippen molar-refractivity contribution in [1.82, 2.24) is 9.97 Å². The van der Waals surface area contributed by atoms with Gasteiger partial charge in [-0.25, -0.2) is 9.97 Å². The van der Waals surface area contributed by atoms with Crippen molar-refractivity contribution in [2.45, 2.75) is 18.9 Å². The Hall–Kier alpha value is -1.49. The van der Waals surface area contributed by atoms with Crippen molar-refractivity contribution in [2.75, 3.05) is 13.2 Å². The molecule has 0 amide bonds. The molecule has 0 spiro atoms. The number of rotatable bonds is 4. The van der Waals surface area contributed by atoms with Gasteiger partial charge in [-0.15, -0.1) is 0 Å². The number of ether oxygens (including phenoxy) is 2. The SMILES string of the molecule is O=Cc1cnc(OCC2CCCO2)nc1. The first kappa shape index (κ1) is 10.0. The minimum atomic E-state index is 0.152. The van der Waals surface area contributed by atoms with E-state index in [-0.39, 0.29) is 12.1 Å². The van der Waals surface area contributed by atoms with Crippen LogP contribution in [0.25, 0.3) is 0 Å². The van der Waals surface area contributed by atoms with E-state index in [0.29, 0.717) is 18.5 Å². The molecular weight excluding hydrogens is 196 g/mol. The van der Waals surface area contributed by atoms with Crippen molar-refractivity contribution in [1.29, 1.82) is 0 Å². The monoisotopic (exact) mass is 208 g/mol. The maximum Gasteiger partial charge on any atom is 0.316 e. The van der Waals surface area contributed by atoms with Gasteiger partial charge in [0.25, 0.3) is 0 Å². The van der Waals surface area contributed by atoms with E-state index in [1.54, 1.807) is 0 Å². The topological polar surface area (TPSA) is 61.3 Å². The molecule has 1 fully saturated rings. The number of carbonyl (C=O) groups is 1. The number of aromatic nitrogens is 2. The molecule has 0 radical (unpaired) electrons. The van der Waals surface area contributed by atoms with E-state index in [1.807, 2.05) is 0 Å². The molecule has 1 aliphatic heterocycles. The van der Waals surface area contributed by atoms with Crippen LogP contribution in [-0.4, -0.2) is 35.6 Å². The molecule has 1 aromatic heterocycles. The lowest BCUT2D eigenvalue weighted by Crippen LogP contribution is -2.17. The Morgan fingerprint density at radius 1 is 1.53 bits per heavy atom. The average molecular weight is 208 g/mol. The van der Waals surface area contributed by atoms with E-state index in [9.17, 15) is 4.79 Å². The highest BCUT2D eigenvalue weighted by molar-refractivity contribution is 5.73. The number of aldehydes is 1. The highest BCUT2D eigenvalue weighted by Gasteiger charge is 2.16. The molecule has 0 saturated carbocycles. The Morgan fingerprint density at radius 3 is 2.93 bits per heavy atom. The largest absolute Gasteiger partial charge is 0.461 e. The lowest BCUT2D eigenvalue weighted by Gasteiger charge is -2.09. The molecular formula is C10H12N2O3. The molecule has 0 N–H and O–H groups in total. The van der Waals surface area contributed by atoms with Crippen LogP contribution in [-0.2, 0) is 4.74 Å². The quantitative estimate of drug-likeness (QED) is 0.686. The van der Waals surface area contributed by atoms with Crippen molar-refractivity contribution >= 4 is 6.29 Å². The third kappa shape index (κ3) is 2.73. The van der Waals surface area contributed by atoms with E-state index in [2.05, 4.69) is 9.97 Å². The van der Waals surface area contributed by atoms with E-state index in [1.165, 1.54) is 12.4 Å². The van der Waals surface area contributed by atoms with Crippen LogP contribution in [0, 0.1) is 0 Å². The van der Waals surface area contributed by atoms with E-state index in [4.69, 9.17) is 9.47 Å². The second-order valence-corrected chi connectivity index (χ2v) is 3.36. The van der Waals surface area contributed by atoms with Gasteiger partial charge in [-0.1, -0.05) is 0 Å². The minimum absolute atomic E-state index is 0.152. The summed E-state index contributed by atoms with van der Waals surface area (Å²) >= 11 is 0. The van der Waals surface area contributed by atoms with Crippen LogP contribution in [0.3, 0.4) is 0 Å². The fourth-order valence-electron chi connectivity index (χ4n) is 1.40. The lowest BCUT2D eigenvalue weighted by atomic mass is 10.2. The van der Waals surface area contributed by atoms with Gasteiger partial charge in [0.05, 0.1) is 11.7 Å². The molecule has 0 aromatic carbocycles. The smallest absolute Gasteiger partial charge is 0.316 e. The van der Waals surface area contributed by atoms with Crippen LogP contribution in [0.1, 0.15) is 23.2 Å². The molecule has 2 heterocycles. The Bertz CT molecular complexity index is 320. The number of carbonyl (C=O) groups excluding carboxylic acids is 1. The predicted molar refractivity (Wildman–Crippen MR) is 51.9 cm³/mol. The summed E-state index contributed by atoms with van der Waals surface area (Å²) in [5.41, 5.74) is 0.444. The summed E-state index contributed by atoms with van der Waals surface area (Å²) in [5, 5.41) is 0. The third-order valence-electron chi connectivity index (χ3n) is 2.21. The highest BCUT2D eigenvalue weighted by atomic mass is 16.5. The van der Waals surface area contributed by atoms with Crippen molar-refractivity contribution < 1.29 is 14.3 Å². The summed E-state index contributed by atoms with van der Waals surface area (Å²) in [7, 11) is 0. The van der Waals surface area contributed by atoms with E-state index >= 15 is 0 Å². The van der Waals surface area contributed by atoms with E-state index < -0.39 is 0 Å². The number of hydrogen-bond donors (Lipinski definition) is 0. The molecule has 2 rings (SSSR count). The van der Waals surface area contributed by atoms with Gasteiger partial charge in [-0.05, 0) is 12.8 Å². The number of hydrogen-bond acceptors (Lipinski definition) is 5. The van der Waals surface area contributed by atoms with Crippen LogP contribution < -0.4 is 4.74 Å². The van der Waals surface area contributed by atoms with Crippen LogP contribution >= 0.6 is 0 Å².